The molecular weight excluding hydrogens is 358 g/mol. The van der Waals surface area contributed by atoms with Crippen LogP contribution in [0.25, 0.3) is 0 Å². The molecule has 26 heavy (non-hydrogen) atoms. The topological polar surface area (TPSA) is 111 Å². The van der Waals surface area contributed by atoms with Gasteiger partial charge in [0.15, 0.2) is 11.5 Å². The van der Waals surface area contributed by atoms with Gasteiger partial charge in [0.25, 0.3) is 0 Å². The second-order valence-corrected chi connectivity index (χ2v) is 7.54. The normalized spacial score (nSPS) is 13.0. The molecule has 0 bridgehead atoms. The molecule has 9 heteroatoms. The molecule has 8 nitrogen and oxygen atoms in total. The molecule has 0 radical (unpaired) electrons. The van der Waals surface area contributed by atoms with E-state index in [0.717, 1.165) is 5.56 Å². The third-order valence-corrected chi connectivity index (χ3v) is 4.66. The number of nitrogens with one attached hydrogen (secondary N) is 1. The average molecular weight is 377 g/mol. The monoisotopic (exact) mass is 377 g/mol. The van der Waals surface area contributed by atoms with Crippen LogP contribution >= 0.6 is 0 Å². The van der Waals surface area contributed by atoms with Gasteiger partial charge in [-0.05, 0) is 42.9 Å². The number of primary sulfonamides is 1. The molecule has 3 rings (SSSR count). The molecule has 0 saturated carbocycles. The number of nitrogens with zero attached hydrogens (tertiary/aromatic N) is 1. The average Bonchev–Trinajstić information content (AvgIpc) is 3.01. The summed E-state index contributed by atoms with van der Waals surface area (Å²) in [6.07, 6.45) is 0. The Hall–Kier alpha value is -2.62. The second kappa shape index (κ2) is 7.32. The smallest absolute Gasteiger partial charge is 0.238 e. The van der Waals surface area contributed by atoms with E-state index in [0.29, 0.717) is 23.7 Å². The predicted octanol–water partition coefficient (Wildman–Crippen LogP) is 1.13. The highest BCUT2D eigenvalue weighted by molar-refractivity contribution is 7.89. The van der Waals surface area contributed by atoms with Crippen molar-refractivity contribution in [2.45, 2.75) is 11.4 Å². The van der Waals surface area contributed by atoms with Gasteiger partial charge in [-0.1, -0.05) is 12.1 Å². The number of nitrogens with two attached hydrogens (primary N) is 1. The molecule has 138 valence electrons. The first-order valence-corrected chi connectivity index (χ1v) is 9.36. The van der Waals surface area contributed by atoms with Crippen LogP contribution < -0.4 is 19.9 Å². The second-order valence-electron chi connectivity index (χ2n) is 5.98. The van der Waals surface area contributed by atoms with Crippen LogP contribution in [0.5, 0.6) is 11.5 Å². The van der Waals surface area contributed by atoms with Gasteiger partial charge in [-0.25, -0.2) is 13.6 Å². The van der Waals surface area contributed by atoms with E-state index in [1.165, 1.54) is 18.2 Å². The zero-order valence-electron chi connectivity index (χ0n) is 14.1. The maximum absolute atomic E-state index is 12.2. The highest BCUT2D eigenvalue weighted by atomic mass is 32.2. The maximum Gasteiger partial charge on any atom is 0.238 e. The van der Waals surface area contributed by atoms with E-state index in [1.54, 1.807) is 6.07 Å². The Labute approximate surface area is 151 Å². The van der Waals surface area contributed by atoms with Crippen molar-refractivity contribution in [1.82, 2.24) is 4.90 Å². The number of carbonyl (C=O) groups excluding carboxylic acids is 1. The van der Waals surface area contributed by atoms with Gasteiger partial charge in [0.2, 0.25) is 22.7 Å². The number of ether oxygens (including phenoxy) is 2. The van der Waals surface area contributed by atoms with Crippen molar-refractivity contribution in [3.8, 4) is 11.5 Å². The van der Waals surface area contributed by atoms with Gasteiger partial charge < -0.3 is 14.8 Å². The third-order valence-electron chi connectivity index (χ3n) is 3.75. The van der Waals surface area contributed by atoms with E-state index < -0.39 is 10.0 Å². The molecule has 2 aromatic rings. The van der Waals surface area contributed by atoms with E-state index in [-0.39, 0.29) is 24.1 Å². The molecule has 0 atom stereocenters. The van der Waals surface area contributed by atoms with Crippen LogP contribution in [0.2, 0.25) is 0 Å². The molecule has 1 heterocycles. The van der Waals surface area contributed by atoms with Gasteiger partial charge in [-0.15, -0.1) is 0 Å². The van der Waals surface area contributed by atoms with E-state index in [1.807, 2.05) is 30.1 Å². The molecular formula is C17H19N3O5S. The Morgan fingerprint density at radius 1 is 1.19 bits per heavy atom. The van der Waals surface area contributed by atoms with Crippen LogP contribution in [0.4, 0.5) is 5.69 Å². The van der Waals surface area contributed by atoms with Crippen LogP contribution in [0.3, 0.4) is 0 Å². The molecule has 0 spiro atoms. The van der Waals surface area contributed by atoms with Gasteiger partial charge in [0.1, 0.15) is 0 Å². The van der Waals surface area contributed by atoms with Crippen molar-refractivity contribution in [1.29, 1.82) is 0 Å². The minimum absolute atomic E-state index is 0.0518. The largest absolute Gasteiger partial charge is 0.454 e. The summed E-state index contributed by atoms with van der Waals surface area (Å²) in [5.41, 5.74) is 1.36. The van der Waals surface area contributed by atoms with Crippen molar-refractivity contribution >= 4 is 21.6 Å². The number of carbonyl (C=O) groups is 1. The summed E-state index contributed by atoms with van der Waals surface area (Å²) in [5, 5.41) is 7.76. The SMILES string of the molecule is CN(CC(=O)Nc1cccc(S(N)(=O)=O)c1)Cc1ccc2c(c1)OCO2. The minimum atomic E-state index is -3.81. The first kappa shape index (κ1) is 18.2. The van der Waals surface area contributed by atoms with E-state index in [2.05, 4.69) is 5.32 Å². The lowest BCUT2D eigenvalue weighted by atomic mass is 10.2. The molecule has 1 aliphatic heterocycles. The summed E-state index contributed by atoms with van der Waals surface area (Å²) >= 11 is 0. The highest BCUT2D eigenvalue weighted by Crippen LogP contribution is 2.32. The molecule has 0 fully saturated rings. The first-order chi connectivity index (χ1) is 12.3. The summed E-state index contributed by atoms with van der Waals surface area (Å²) in [4.78, 5) is 14.0. The lowest BCUT2D eigenvalue weighted by Gasteiger charge is -2.16. The van der Waals surface area contributed by atoms with Gasteiger partial charge in [-0.3, -0.25) is 9.69 Å². The Morgan fingerprint density at radius 3 is 2.73 bits per heavy atom. The number of likely N-dealkylation sites (N-methyl/N-ethyl adjacent to an activating group) is 1. The minimum Gasteiger partial charge on any atom is -0.454 e. The lowest BCUT2D eigenvalue weighted by Crippen LogP contribution is -2.29. The summed E-state index contributed by atoms with van der Waals surface area (Å²) in [5.74, 6) is 1.14. The summed E-state index contributed by atoms with van der Waals surface area (Å²) in [6.45, 7) is 0.893. The standard InChI is InChI=1S/C17H19N3O5S/c1-20(9-12-5-6-15-16(7-12)25-11-24-15)10-17(21)19-13-3-2-4-14(8-13)26(18,22)23/h2-8H,9-11H2,1H3,(H,19,21)(H2,18,22,23). The Balaban J connectivity index is 1.58. The number of rotatable bonds is 6. The summed E-state index contributed by atoms with van der Waals surface area (Å²) < 4.78 is 33.4. The molecule has 2 aromatic carbocycles. The van der Waals surface area contributed by atoms with Gasteiger partial charge >= 0.3 is 0 Å². The first-order valence-electron chi connectivity index (χ1n) is 7.81. The van der Waals surface area contributed by atoms with Gasteiger partial charge in [0.05, 0.1) is 11.4 Å². The Morgan fingerprint density at radius 2 is 1.96 bits per heavy atom. The Kier molecular flexibility index (Phi) is 5.12. The van der Waals surface area contributed by atoms with Crippen molar-refractivity contribution in [2.24, 2.45) is 5.14 Å². The van der Waals surface area contributed by atoms with Crippen LogP contribution in [-0.2, 0) is 21.4 Å². The summed E-state index contributed by atoms with van der Waals surface area (Å²) in [6, 6.07) is 11.5. The molecule has 0 unspecified atom stereocenters. The summed E-state index contributed by atoms with van der Waals surface area (Å²) in [7, 11) is -2.00. The number of benzene rings is 2. The molecule has 1 aliphatic rings. The number of hydrogen-bond acceptors (Lipinski definition) is 6. The Bertz CT molecular complexity index is 930. The molecule has 0 saturated heterocycles. The number of hydrogen-bond donors (Lipinski definition) is 2. The third kappa shape index (κ3) is 4.51. The molecule has 1 amide bonds. The number of anilines is 1. The fraction of sp³-hybridized carbons (Fsp3) is 0.235. The quantitative estimate of drug-likeness (QED) is 0.781. The maximum atomic E-state index is 12.2. The molecule has 0 aromatic heterocycles. The van der Waals surface area contributed by atoms with E-state index in [9.17, 15) is 13.2 Å². The van der Waals surface area contributed by atoms with Crippen molar-refractivity contribution in [2.75, 3.05) is 25.7 Å². The predicted molar refractivity (Wildman–Crippen MR) is 95.3 cm³/mol. The van der Waals surface area contributed by atoms with Crippen molar-refractivity contribution in [3.05, 3.63) is 48.0 Å². The fourth-order valence-electron chi connectivity index (χ4n) is 2.60. The molecule has 0 aliphatic carbocycles. The number of amides is 1. The number of fused-ring (bicyclic) bond motifs is 1. The van der Waals surface area contributed by atoms with E-state index in [4.69, 9.17) is 14.6 Å². The van der Waals surface area contributed by atoms with Gasteiger partial charge in [0, 0.05) is 12.2 Å². The van der Waals surface area contributed by atoms with E-state index >= 15 is 0 Å². The van der Waals surface area contributed by atoms with Crippen molar-refractivity contribution < 1.29 is 22.7 Å². The highest BCUT2D eigenvalue weighted by Gasteiger charge is 2.15. The fourth-order valence-corrected chi connectivity index (χ4v) is 3.16. The molecule has 3 N–H and O–H groups in total. The zero-order valence-corrected chi connectivity index (χ0v) is 15.0. The van der Waals surface area contributed by atoms with Crippen LogP contribution in [0, 0.1) is 0 Å². The van der Waals surface area contributed by atoms with Crippen molar-refractivity contribution in [3.63, 3.8) is 0 Å². The lowest BCUT2D eigenvalue weighted by molar-refractivity contribution is -0.117. The number of sulfonamides is 1. The van der Waals surface area contributed by atoms with Crippen LogP contribution in [0.1, 0.15) is 5.56 Å². The van der Waals surface area contributed by atoms with Crippen LogP contribution in [0.15, 0.2) is 47.4 Å². The van der Waals surface area contributed by atoms with Crippen LogP contribution in [-0.4, -0.2) is 39.6 Å². The van der Waals surface area contributed by atoms with Gasteiger partial charge in [-0.2, -0.15) is 0 Å². The zero-order chi connectivity index (χ0) is 18.7.